The van der Waals surface area contributed by atoms with Crippen molar-refractivity contribution in [3.05, 3.63) is 71.4 Å². The first kappa shape index (κ1) is 17.3. The summed E-state index contributed by atoms with van der Waals surface area (Å²) in [6, 6.07) is 14.2. The molecule has 1 aliphatic rings. The molecule has 0 spiro atoms. The molecular weight excluding hydrogens is 344 g/mol. The standard InChI is InChI=1S/C21H23ClN4/c1-25-12-10-23-21(25)15-26-11-4-6-17(14-26)20-9-3-8-19(24-20)16-5-2-7-18(22)13-16/h2-3,5,7-10,12-13,17H,4,6,11,14-15H2,1H3/t17-/m0/s1. The molecule has 0 aliphatic carbocycles. The van der Waals surface area contributed by atoms with Gasteiger partial charge in [-0.1, -0.05) is 29.8 Å². The van der Waals surface area contributed by atoms with E-state index >= 15 is 0 Å². The molecule has 0 N–H and O–H groups in total. The van der Waals surface area contributed by atoms with Crippen LogP contribution in [0.2, 0.25) is 5.02 Å². The number of pyridine rings is 1. The molecule has 0 saturated carbocycles. The molecule has 134 valence electrons. The lowest BCUT2D eigenvalue weighted by atomic mass is 9.94. The molecule has 4 rings (SSSR count). The van der Waals surface area contributed by atoms with Crippen LogP contribution in [0.3, 0.4) is 0 Å². The van der Waals surface area contributed by atoms with Crippen LogP contribution in [0.1, 0.15) is 30.3 Å². The van der Waals surface area contributed by atoms with Crippen molar-refractivity contribution in [2.75, 3.05) is 13.1 Å². The van der Waals surface area contributed by atoms with Crippen LogP contribution < -0.4 is 0 Å². The first-order valence-electron chi connectivity index (χ1n) is 9.10. The molecule has 1 aliphatic heterocycles. The van der Waals surface area contributed by atoms with E-state index in [1.54, 1.807) is 0 Å². The molecule has 2 aromatic heterocycles. The summed E-state index contributed by atoms with van der Waals surface area (Å²) in [4.78, 5) is 11.9. The van der Waals surface area contributed by atoms with E-state index in [-0.39, 0.29) is 0 Å². The van der Waals surface area contributed by atoms with Gasteiger partial charge in [-0.3, -0.25) is 9.88 Å². The van der Waals surface area contributed by atoms with E-state index in [1.165, 1.54) is 18.5 Å². The highest BCUT2D eigenvalue weighted by molar-refractivity contribution is 6.30. The smallest absolute Gasteiger partial charge is 0.122 e. The predicted molar refractivity (Wildman–Crippen MR) is 105 cm³/mol. The van der Waals surface area contributed by atoms with Gasteiger partial charge < -0.3 is 4.57 Å². The normalized spacial score (nSPS) is 18.2. The molecule has 26 heavy (non-hydrogen) atoms. The molecule has 0 amide bonds. The number of hydrogen-bond donors (Lipinski definition) is 0. The van der Waals surface area contributed by atoms with Crippen LogP contribution in [-0.4, -0.2) is 32.5 Å². The Morgan fingerprint density at radius 2 is 2.08 bits per heavy atom. The SMILES string of the molecule is Cn1ccnc1CN1CCC[C@H](c2cccc(-c3cccc(Cl)c3)n2)C1. The molecule has 0 unspecified atom stereocenters. The highest BCUT2D eigenvalue weighted by atomic mass is 35.5. The minimum Gasteiger partial charge on any atom is -0.337 e. The van der Waals surface area contributed by atoms with Crippen LogP contribution in [0.25, 0.3) is 11.3 Å². The lowest BCUT2D eigenvalue weighted by Crippen LogP contribution is -2.34. The molecule has 1 atom stereocenters. The fraction of sp³-hybridized carbons (Fsp3) is 0.333. The van der Waals surface area contributed by atoms with Gasteiger partial charge in [0.05, 0.1) is 12.2 Å². The van der Waals surface area contributed by atoms with Gasteiger partial charge in [0.2, 0.25) is 0 Å². The van der Waals surface area contributed by atoms with Crippen LogP contribution in [-0.2, 0) is 13.6 Å². The van der Waals surface area contributed by atoms with Gasteiger partial charge in [0.1, 0.15) is 5.82 Å². The van der Waals surface area contributed by atoms with Gasteiger partial charge in [-0.15, -0.1) is 0 Å². The molecule has 3 aromatic rings. The number of nitrogens with zero attached hydrogens (tertiary/aromatic N) is 4. The van der Waals surface area contributed by atoms with Gasteiger partial charge in [-0.05, 0) is 43.7 Å². The Balaban J connectivity index is 1.52. The number of aromatic nitrogens is 3. The summed E-state index contributed by atoms with van der Waals surface area (Å²) in [5, 5.41) is 0.744. The minimum absolute atomic E-state index is 0.461. The predicted octanol–water partition coefficient (Wildman–Crippen LogP) is 4.52. The number of aryl methyl sites for hydroxylation is 1. The van der Waals surface area contributed by atoms with Crippen LogP contribution in [0.4, 0.5) is 0 Å². The second-order valence-corrected chi connectivity index (χ2v) is 7.42. The molecule has 5 heteroatoms. The fourth-order valence-electron chi connectivity index (χ4n) is 3.68. The zero-order valence-corrected chi connectivity index (χ0v) is 15.7. The summed E-state index contributed by atoms with van der Waals surface area (Å²) in [6.45, 7) is 3.05. The van der Waals surface area contributed by atoms with Gasteiger partial charge in [0.25, 0.3) is 0 Å². The molecule has 1 saturated heterocycles. The van der Waals surface area contributed by atoms with Crippen LogP contribution in [0.5, 0.6) is 0 Å². The van der Waals surface area contributed by atoms with Gasteiger partial charge in [-0.25, -0.2) is 4.98 Å². The monoisotopic (exact) mass is 366 g/mol. The minimum atomic E-state index is 0.461. The van der Waals surface area contributed by atoms with Crippen molar-refractivity contribution in [1.29, 1.82) is 0 Å². The quantitative estimate of drug-likeness (QED) is 0.681. The fourth-order valence-corrected chi connectivity index (χ4v) is 3.87. The Hall–Kier alpha value is -2.17. The van der Waals surface area contributed by atoms with Gasteiger partial charge >= 0.3 is 0 Å². The van der Waals surface area contributed by atoms with Crippen LogP contribution >= 0.6 is 11.6 Å². The summed E-state index contributed by atoms with van der Waals surface area (Å²) in [6.07, 6.45) is 6.25. The number of piperidine rings is 1. The highest BCUT2D eigenvalue weighted by Gasteiger charge is 2.23. The Morgan fingerprint density at radius 3 is 2.88 bits per heavy atom. The first-order chi connectivity index (χ1) is 12.7. The molecule has 3 heterocycles. The second-order valence-electron chi connectivity index (χ2n) is 6.99. The maximum Gasteiger partial charge on any atom is 0.122 e. The third-order valence-electron chi connectivity index (χ3n) is 5.10. The zero-order chi connectivity index (χ0) is 17.9. The summed E-state index contributed by atoms with van der Waals surface area (Å²) in [7, 11) is 2.06. The van der Waals surface area contributed by atoms with E-state index in [1.807, 2.05) is 30.6 Å². The van der Waals surface area contributed by atoms with Crippen molar-refractivity contribution in [1.82, 2.24) is 19.4 Å². The molecular formula is C21H23ClN4. The van der Waals surface area contributed by atoms with Crippen molar-refractivity contribution >= 4 is 11.6 Å². The number of imidazole rings is 1. The Kier molecular flexibility index (Phi) is 5.05. The van der Waals surface area contributed by atoms with Crippen molar-refractivity contribution in [3.63, 3.8) is 0 Å². The van der Waals surface area contributed by atoms with E-state index in [2.05, 4.69) is 45.8 Å². The van der Waals surface area contributed by atoms with E-state index in [0.717, 1.165) is 41.7 Å². The molecule has 0 bridgehead atoms. The van der Waals surface area contributed by atoms with E-state index in [9.17, 15) is 0 Å². The topological polar surface area (TPSA) is 34.0 Å². The lowest BCUT2D eigenvalue weighted by Gasteiger charge is -2.32. The van der Waals surface area contributed by atoms with E-state index in [4.69, 9.17) is 16.6 Å². The Labute approximate surface area is 159 Å². The lowest BCUT2D eigenvalue weighted by molar-refractivity contribution is 0.192. The van der Waals surface area contributed by atoms with Crippen LogP contribution in [0, 0.1) is 0 Å². The average molecular weight is 367 g/mol. The van der Waals surface area contributed by atoms with E-state index < -0.39 is 0 Å². The van der Waals surface area contributed by atoms with Gasteiger partial charge in [0, 0.05) is 48.2 Å². The van der Waals surface area contributed by atoms with Gasteiger partial charge in [0.15, 0.2) is 0 Å². The highest BCUT2D eigenvalue weighted by Crippen LogP contribution is 2.29. The van der Waals surface area contributed by atoms with Crippen molar-refractivity contribution in [2.45, 2.75) is 25.3 Å². The van der Waals surface area contributed by atoms with Crippen molar-refractivity contribution in [3.8, 4) is 11.3 Å². The van der Waals surface area contributed by atoms with Gasteiger partial charge in [-0.2, -0.15) is 0 Å². The number of halogens is 1. The van der Waals surface area contributed by atoms with Crippen LogP contribution in [0.15, 0.2) is 54.9 Å². The largest absolute Gasteiger partial charge is 0.337 e. The number of hydrogen-bond acceptors (Lipinski definition) is 3. The summed E-state index contributed by atoms with van der Waals surface area (Å²) < 4.78 is 2.10. The number of likely N-dealkylation sites (tertiary alicyclic amines) is 1. The average Bonchev–Trinajstić information content (AvgIpc) is 3.07. The third-order valence-corrected chi connectivity index (χ3v) is 5.34. The number of rotatable bonds is 4. The van der Waals surface area contributed by atoms with Crippen molar-refractivity contribution in [2.24, 2.45) is 7.05 Å². The Morgan fingerprint density at radius 1 is 1.19 bits per heavy atom. The second kappa shape index (κ2) is 7.60. The number of benzene rings is 1. The van der Waals surface area contributed by atoms with E-state index in [0.29, 0.717) is 5.92 Å². The first-order valence-corrected chi connectivity index (χ1v) is 9.48. The Bertz CT molecular complexity index is 889. The summed E-state index contributed by atoms with van der Waals surface area (Å²) >= 11 is 6.14. The zero-order valence-electron chi connectivity index (χ0n) is 15.0. The molecule has 0 radical (unpaired) electrons. The maximum absolute atomic E-state index is 6.14. The maximum atomic E-state index is 6.14. The summed E-state index contributed by atoms with van der Waals surface area (Å²) in [5.74, 6) is 1.58. The van der Waals surface area contributed by atoms with Crippen molar-refractivity contribution < 1.29 is 0 Å². The molecule has 4 nitrogen and oxygen atoms in total. The molecule has 1 fully saturated rings. The third kappa shape index (κ3) is 3.81. The summed E-state index contributed by atoms with van der Waals surface area (Å²) in [5.41, 5.74) is 3.23. The molecule has 1 aromatic carbocycles.